The molecule has 0 fully saturated rings. The van der Waals surface area contributed by atoms with Gasteiger partial charge in [-0.15, -0.1) is 12.1 Å². The molecular formula is C9H18BF3NS-. The molecule has 0 rings (SSSR count). The fourth-order valence-corrected chi connectivity index (χ4v) is 2.18. The second kappa shape index (κ2) is 6.48. The van der Waals surface area contributed by atoms with Crippen molar-refractivity contribution in [3.63, 3.8) is 0 Å². The summed E-state index contributed by atoms with van der Waals surface area (Å²) in [5.41, 5.74) is -0.614. The van der Waals surface area contributed by atoms with E-state index in [2.05, 4.69) is 6.58 Å². The molecule has 0 N–H and O–H groups in total. The summed E-state index contributed by atoms with van der Waals surface area (Å²) in [4.78, 5) is 1.73. The van der Waals surface area contributed by atoms with E-state index in [9.17, 15) is 12.9 Å². The topological polar surface area (TPSA) is 3.24 Å². The van der Waals surface area contributed by atoms with Crippen molar-refractivity contribution in [1.29, 1.82) is 0 Å². The maximum atomic E-state index is 12.3. The van der Waals surface area contributed by atoms with Gasteiger partial charge in [-0.05, 0) is 26.3 Å². The van der Waals surface area contributed by atoms with Gasteiger partial charge in [0.1, 0.15) is 0 Å². The fourth-order valence-electron chi connectivity index (χ4n) is 1.30. The second-order valence-corrected chi connectivity index (χ2v) is 4.58. The number of likely N-dealkylation sites (N-methyl/N-ethyl adjacent to an activating group) is 1. The van der Waals surface area contributed by atoms with Gasteiger partial charge in [0, 0.05) is 11.8 Å². The van der Waals surface area contributed by atoms with Crippen LogP contribution in [-0.2, 0) is 0 Å². The predicted octanol–water partition coefficient (Wildman–Crippen LogP) is 3.00. The Morgan fingerprint density at radius 1 is 1.47 bits per heavy atom. The maximum Gasteiger partial charge on any atom is 0.506 e. The van der Waals surface area contributed by atoms with E-state index < -0.39 is 12.4 Å². The highest BCUT2D eigenvalue weighted by Crippen LogP contribution is 2.20. The highest BCUT2D eigenvalue weighted by molar-refractivity contribution is 7.98. The minimum Gasteiger partial charge on any atom is -0.445 e. The molecule has 6 heteroatoms. The molecule has 1 atom stereocenters. The summed E-state index contributed by atoms with van der Waals surface area (Å²) in [7, 11) is 1.72. The molecule has 0 heterocycles. The van der Waals surface area contributed by atoms with Crippen LogP contribution >= 0.6 is 11.8 Å². The molecule has 0 spiro atoms. The third-order valence-electron chi connectivity index (χ3n) is 2.37. The van der Waals surface area contributed by atoms with Gasteiger partial charge in [0.25, 0.3) is 0 Å². The fraction of sp³-hybridized carbons (Fsp3) is 0.778. The summed E-state index contributed by atoms with van der Waals surface area (Å²) < 4.78 is 36.9. The zero-order valence-corrected chi connectivity index (χ0v) is 10.3. The van der Waals surface area contributed by atoms with E-state index >= 15 is 0 Å². The second-order valence-electron chi connectivity index (χ2n) is 3.67. The van der Waals surface area contributed by atoms with Gasteiger partial charge >= 0.3 is 6.98 Å². The Hall–Kier alpha value is -0.0951. The largest absolute Gasteiger partial charge is 0.506 e. The molecule has 90 valence electrons. The lowest BCUT2D eigenvalue weighted by Gasteiger charge is -2.30. The van der Waals surface area contributed by atoms with Gasteiger partial charge in [-0.1, -0.05) is 6.92 Å². The molecule has 0 aliphatic heterocycles. The van der Waals surface area contributed by atoms with Crippen LogP contribution in [0.1, 0.15) is 13.3 Å². The Bertz CT molecular complexity index is 208. The van der Waals surface area contributed by atoms with Crippen LogP contribution in [0.4, 0.5) is 12.9 Å². The molecule has 0 radical (unpaired) electrons. The van der Waals surface area contributed by atoms with Crippen molar-refractivity contribution >= 4 is 18.7 Å². The predicted molar refractivity (Wildman–Crippen MR) is 63.3 cm³/mol. The third-order valence-corrected chi connectivity index (χ3v) is 3.09. The van der Waals surface area contributed by atoms with Gasteiger partial charge in [0.15, 0.2) is 0 Å². The molecule has 15 heavy (non-hydrogen) atoms. The van der Waals surface area contributed by atoms with Gasteiger partial charge in [0.05, 0.1) is 0 Å². The standard InChI is InChI=1S/C9H18BF3NS/c1-5-9(7-15-4)14(3)6-8(2)10(11,12)13/h9H,2,5-7H2,1,3-4H3/q-1. The summed E-state index contributed by atoms with van der Waals surface area (Å²) in [6.07, 6.45) is 2.81. The molecule has 0 aromatic carbocycles. The molecule has 0 saturated heterocycles. The summed E-state index contributed by atoms with van der Waals surface area (Å²) in [5, 5.41) is 0. The highest BCUT2D eigenvalue weighted by Gasteiger charge is 2.28. The number of hydrogen-bond acceptors (Lipinski definition) is 2. The van der Waals surface area contributed by atoms with Gasteiger partial charge in [-0.25, -0.2) is 0 Å². The lowest BCUT2D eigenvalue weighted by molar-refractivity contribution is 0.275. The minimum absolute atomic E-state index is 0.0808. The normalized spacial score (nSPS) is 14.3. The highest BCUT2D eigenvalue weighted by atomic mass is 32.2. The molecule has 0 aromatic rings. The minimum atomic E-state index is -4.89. The van der Waals surface area contributed by atoms with Gasteiger partial charge < -0.3 is 17.8 Å². The van der Waals surface area contributed by atoms with Crippen LogP contribution < -0.4 is 0 Å². The van der Waals surface area contributed by atoms with Crippen molar-refractivity contribution < 1.29 is 12.9 Å². The molecule has 1 nitrogen and oxygen atoms in total. The van der Waals surface area contributed by atoms with Crippen molar-refractivity contribution in [2.75, 3.05) is 25.6 Å². The number of hydrogen-bond donors (Lipinski definition) is 0. The van der Waals surface area contributed by atoms with E-state index in [0.717, 1.165) is 12.2 Å². The summed E-state index contributed by atoms with van der Waals surface area (Å²) in [6.45, 7) is 0.110. The Balaban J connectivity index is 4.21. The molecule has 0 aliphatic rings. The third kappa shape index (κ3) is 5.51. The SMILES string of the molecule is C=C(CN(C)C(CC)CSC)[B-](F)(F)F. The smallest absolute Gasteiger partial charge is 0.445 e. The zero-order chi connectivity index (χ0) is 12.1. The number of thioether (sulfide) groups is 1. The number of nitrogens with zero attached hydrogens (tertiary/aromatic N) is 1. The average molecular weight is 240 g/mol. The first-order valence-electron chi connectivity index (χ1n) is 4.89. The van der Waals surface area contributed by atoms with E-state index in [-0.39, 0.29) is 12.6 Å². The lowest BCUT2D eigenvalue weighted by Crippen LogP contribution is -2.38. The van der Waals surface area contributed by atoms with Crippen LogP contribution in [0.2, 0.25) is 0 Å². The number of halogens is 3. The summed E-state index contributed by atoms with van der Waals surface area (Å²) in [5.74, 6) is 0.852. The van der Waals surface area contributed by atoms with E-state index in [4.69, 9.17) is 0 Å². The molecule has 0 aromatic heterocycles. The van der Waals surface area contributed by atoms with E-state index in [1.165, 1.54) is 0 Å². The maximum absolute atomic E-state index is 12.3. The zero-order valence-electron chi connectivity index (χ0n) is 9.47. The Morgan fingerprint density at radius 3 is 2.33 bits per heavy atom. The molecule has 1 unspecified atom stereocenters. The quantitative estimate of drug-likeness (QED) is 0.629. The van der Waals surface area contributed by atoms with Crippen molar-refractivity contribution in [1.82, 2.24) is 4.90 Å². The molecule has 0 saturated carbocycles. The van der Waals surface area contributed by atoms with Crippen molar-refractivity contribution in [3.05, 3.63) is 12.1 Å². The first-order valence-corrected chi connectivity index (χ1v) is 6.29. The van der Waals surface area contributed by atoms with Gasteiger partial charge in [-0.3, -0.25) is 0 Å². The van der Waals surface area contributed by atoms with Crippen LogP contribution in [0.25, 0.3) is 0 Å². The Kier molecular flexibility index (Phi) is 6.44. The van der Waals surface area contributed by atoms with Crippen LogP contribution in [0, 0.1) is 0 Å². The summed E-state index contributed by atoms with van der Waals surface area (Å²) >= 11 is 1.65. The average Bonchev–Trinajstić information content (AvgIpc) is 2.12. The van der Waals surface area contributed by atoms with E-state index in [1.807, 2.05) is 13.2 Å². The lowest BCUT2D eigenvalue weighted by atomic mass is 9.80. The van der Waals surface area contributed by atoms with Crippen LogP contribution in [0.3, 0.4) is 0 Å². The van der Waals surface area contributed by atoms with Crippen molar-refractivity contribution in [2.24, 2.45) is 0 Å². The molecule has 0 bridgehead atoms. The van der Waals surface area contributed by atoms with E-state index in [0.29, 0.717) is 0 Å². The Labute approximate surface area is 94.2 Å². The summed E-state index contributed by atoms with van der Waals surface area (Å²) in [6, 6.07) is 0.190. The van der Waals surface area contributed by atoms with Crippen LogP contribution in [0.5, 0.6) is 0 Å². The van der Waals surface area contributed by atoms with Crippen LogP contribution in [-0.4, -0.2) is 43.5 Å². The van der Waals surface area contributed by atoms with E-state index in [1.54, 1.807) is 23.7 Å². The molecule has 0 amide bonds. The molecule has 0 aliphatic carbocycles. The first-order chi connectivity index (χ1) is 6.82. The molecular weight excluding hydrogens is 222 g/mol. The number of rotatable bonds is 7. The van der Waals surface area contributed by atoms with Crippen LogP contribution in [0.15, 0.2) is 12.1 Å². The van der Waals surface area contributed by atoms with Gasteiger partial charge in [-0.2, -0.15) is 11.8 Å². The first kappa shape index (κ1) is 14.9. The monoisotopic (exact) mass is 240 g/mol. The van der Waals surface area contributed by atoms with Crippen molar-refractivity contribution in [3.8, 4) is 0 Å². The Morgan fingerprint density at radius 2 is 2.00 bits per heavy atom. The van der Waals surface area contributed by atoms with Gasteiger partial charge in [0.2, 0.25) is 0 Å². The van der Waals surface area contributed by atoms with Crippen molar-refractivity contribution in [2.45, 2.75) is 19.4 Å².